The Labute approximate surface area is 95.3 Å². The van der Waals surface area contributed by atoms with Crippen LogP contribution < -0.4 is 0 Å². The van der Waals surface area contributed by atoms with E-state index in [-0.39, 0.29) is 5.92 Å². The molecule has 1 N–H and O–H groups in total. The number of aliphatic hydroxyl groups is 1. The van der Waals surface area contributed by atoms with E-state index in [9.17, 15) is 5.11 Å². The van der Waals surface area contributed by atoms with Crippen molar-refractivity contribution < 1.29 is 9.84 Å². The van der Waals surface area contributed by atoms with Gasteiger partial charge in [-0.3, -0.25) is 0 Å². The molecule has 1 unspecified atom stereocenters. The van der Waals surface area contributed by atoms with Gasteiger partial charge in [0.15, 0.2) is 0 Å². The fourth-order valence-electron chi connectivity index (χ4n) is 2.06. The highest BCUT2D eigenvalue weighted by Crippen LogP contribution is 2.29. The van der Waals surface area contributed by atoms with E-state index in [1.165, 1.54) is 0 Å². The highest BCUT2D eigenvalue weighted by Gasteiger charge is 2.23. The van der Waals surface area contributed by atoms with Crippen LogP contribution in [0.25, 0.3) is 0 Å². The molecule has 1 aliphatic rings. The van der Waals surface area contributed by atoms with Crippen LogP contribution in [0.15, 0.2) is 24.3 Å². The van der Waals surface area contributed by atoms with E-state index in [1.54, 1.807) is 12.1 Å². The third kappa shape index (κ3) is 2.41. The van der Waals surface area contributed by atoms with Crippen molar-refractivity contribution in [2.75, 3.05) is 13.2 Å². The van der Waals surface area contributed by atoms with Gasteiger partial charge in [-0.2, -0.15) is 5.26 Å². The third-order valence-electron chi connectivity index (χ3n) is 3.09. The standard InChI is InChI=1S/C13H15NO2/c14-9-10-1-3-11(4-2-10)13(15)12-5-7-16-8-6-12/h1-4,12-13,15H,5-8H2. The number of rotatable bonds is 2. The Balaban J connectivity index is 2.07. The zero-order chi connectivity index (χ0) is 11.4. The number of hydrogen-bond acceptors (Lipinski definition) is 3. The van der Waals surface area contributed by atoms with Gasteiger partial charge in [-0.05, 0) is 36.5 Å². The fourth-order valence-corrected chi connectivity index (χ4v) is 2.06. The molecule has 0 amide bonds. The summed E-state index contributed by atoms with van der Waals surface area (Å²) in [4.78, 5) is 0. The SMILES string of the molecule is N#Cc1ccc(C(O)C2CCOCC2)cc1. The molecule has 2 rings (SSSR count). The number of ether oxygens (including phenoxy) is 1. The molecule has 84 valence electrons. The number of hydrogen-bond donors (Lipinski definition) is 1. The molecule has 1 aliphatic heterocycles. The molecule has 1 heterocycles. The summed E-state index contributed by atoms with van der Waals surface area (Å²) >= 11 is 0. The molecule has 0 saturated carbocycles. The summed E-state index contributed by atoms with van der Waals surface area (Å²) in [5.41, 5.74) is 1.52. The van der Waals surface area contributed by atoms with E-state index in [0.717, 1.165) is 31.6 Å². The predicted octanol–water partition coefficient (Wildman–Crippen LogP) is 2.02. The Morgan fingerprint density at radius 3 is 2.44 bits per heavy atom. The van der Waals surface area contributed by atoms with Crippen molar-refractivity contribution in [2.45, 2.75) is 18.9 Å². The third-order valence-corrected chi connectivity index (χ3v) is 3.09. The van der Waals surface area contributed by atoms with Crippen molar-refractivity contribution in [1.82, 2.24) is 0 Å². The van der Waals surface area contributed by atoms with Gasteiger partial charge >= 0.3 is 0 Å². The number of nitrogens with zero attached hydrogens (tertiary/aromatic N) is 1. The molecule has 0 radical (unpaired) electrons. The molecule has 0 spiro atoms. The lowest BCUT2D eigenvalue weighted by atomic mass is 9.89. The highest BCUT2D eigenvalue weighted by molar-refractivity contribution is 5.32. The average molecular weight is 217 g/mol. The summed E-state index contributed by atoms with van der Waals surface area (Å²) in [5, 5.41) is 18.9. The van der Waals surface area contributed by atoms with Gasteiger partial charge in [-0.15, -0.1) is 0 Å². The molecule has 1 saturated heterocycles. The van der Waals surface area contributed by atoms with Gasteiger partial charge in [0.25, 0.3) is 0 Å². The number of aliphatic hydroxyl groups excluding tert-OH is 1. The quantitative estimate of drug-likeness (QED) is 0.824. The Hall–Kier alpha value is -1.37. The maximum Gasteiger partial charge on any atom is 0.0991 e. The summed E-state index contributed by atoms with van der Waals surface area (Å²) in [5.74, 6) is 0.279. The maximum atomic E-state index is 10.2. The van der Waals surface area contributed by atoms with Crippen molar-refractivity contribution in [2.24, 2.45) is 5.92 Å². The van der Waals surface area contributed by atoms with Crippen molar-refractivity contribution >= 4 is 0 Å². The lowest BCUT2D eigenvalue weighted by Crippen LogP contribution is -2.21. The first-order valence-electron chi connectivity index (χ1n) is 5.57. The van der Waals surface area contributed by atoms with Crippen LogP contribution in [0.4, 0.5) is 0 Å². The van der Waals surface area contributed by atoms with Gasteiger partial charge in [-0.1, -0.05) is 12.1 Å². The minimum absolute atomic E-state index is 0.279. The fraction of sp³-hybridized carbons (Fsp3) is 0.462. The van der Waals surface area contributed by atoms with Crippen molar-refractivity contribution in [3.05, 3.63) is 35.4 Å². The normalized spacial score (nSPS) is 19.0. The summed E-state index contributed by atoms with van der Waals surface area (Å²) < 4.78 is 5.27. The molecule has 3 heteroatoms. The van der Waals surface area contributed by atoms with Crippen LogP contribution in [0.3, 0.4) is 0 Å². The Bertz CT molecular complexity index is 374. The second-order valence-corrected chi connectivity index (χ2v) is 4.13. The van der Waals surface area contributed by atoms with Gasteiger partial charge in [0, 0.05) is 13.2 Å². The summed E-state index contributed by atoms with van der Waals surface area (Å²) in [6.45, 7) is 1.47. The van der Waals surface area contributed by atoms with Crippen LogP contribution in [-0.4, -0.2) is 18.3 Å². The zero-order valence-electron chi connectivity index (χ0n) is 9.10. The van der Waals surface area contributed by atoms with E-state index in [2.05, 4.69) is 6.07 Å². The van der Waals surface area contributed by atoms with Crippen LogP contribution >= 0.6 is 0 Å². The molecule has 0 aliphatic carbocycles. The van der Waals surface area contributed by atoms with Crippen molar-refractivity contribution in [3.8, 4) is 6.07 Å². The lowest BCUT2D eigenvalue weighted by molar-refractivity contribution is 0.00718. The van der Waals surface area contributed by atoms with Crippen molar-refractivity contribution in [1.29, 1.82) is 5.26 Å². The van der Waals surface area contributed by atoms with Gasteiger partial charge < -0.3 is 9.84 Å². The van der Waals surface area contributed by atoms with Crippen molar-refractivity contribution in [3.63, 3.8) is 0 Å². The Kier molecular flexibility index (Phi) is 3.55. The average Bonchev–Trinajstić information content (AvgIpc) is 2.39. The van der Waals surface area contributed by atoms with Gasteiger partial charge in [-0.25, -0.2) is 0 Å². The van der Waals surface area contributed by atoms with E-state index in [4.69, 9.17) is 10.00 Å². The first-order chi connectivity index (χ1) is 7.81. The monoisotopic (exact) mass is 217 g/mol. The summed E-state index contributed by atoms with van der Waals surface area (Å²) in [6.07, 6.45) is 1.37. The molecule has 16 heavy (non-hydrogen) atoms. The maximum absolute atomic E-state index is 10.2. The minimum atomic E-state index is -0.434. The van der Waals surface area contributed by atoms with E-state index in [0.29, 0.717) is 5.56 Å². The minimum Gasteiger partial charge on any atom is -0.388 e. The van der Waals surface area contributed by atoms with Crippen LogP contribution in [0.5, 0.6) is 0 Å². The lowest BCUT2D eigenvalue weighted by Gasteiger charge is -2.26. The summed E-state index contributed by atoms with van der Waals surface area (Å²) in [6, 6.07) is 9.23. The van der Waals surface area contributed by atoms with E-state index < -0.39 is 6.10 Å². The number of nitriles is 1. The molecular weight excluding hydrogens is 202 g/mol. The second-order valence-electron chi connectivity index (χ2n) is 4.13. The molecule has 1 atom stereocenters. The Morgan fingerprint density at radius 2 is 1.88 bits per heavy atom. The largest absolute Gasteiger partial charge is 0.388 e. The Morgan fingerprint density at radius 1 is 1.25 bits per heavy atom. The van der Waals surface area contributed by atoms with E-state index >= 15 is 0 Å². The van der Waals surface area contributed by atoms with Gasteiger partial charge in [0.2, 0.25) is 0 Å². The molecule has 1 aromatic rings. The smallest absolute Gasteiger partial charge is 0.0991 e. The summed E-state index contributed by atoms with van der Waals surface area (Å²) in [7, 11) is 0. The first kappa shape index (κ1) is 11.1. The van der Waals surface area contributed by atoms with E-state index in [1.807, 2.05) is 12.1 Å². The van der Waals surface area contributed by atoms with Crippen LogP contribution in [0.1, 0.15) is 30.1 Å². The molecule has 1 fully saturated rings. The van der Waals surface area contributed by atoms with Gasteiger partial charge in [0.05, 0.1) is 17.7 Å². The van der Waals surface area contributed by atoms with Crippen LogP contribution in [-0.2, 0) is 4.74 Å². The molecular formula is C13H15NO2. The van der Waals surface area contributed by atoms with Crippen LogP contribution in [0, 0.1) is 17.2 Å². The molecule has 0 bridgehead atoms. The van der Waals surface area contributed by atoms with Crippen LogP contribution in [0.2, 0.25) is 0 Å². The second kappa shape index (κ2) is 5.11. The molecule has 3 nitrogen and oxygen atoms in total. The highest BCUT2D eigenvalue weighted by atomic mass is 16.5. The zero-order valence-corrected chi connectivity index (χ0v) is 9.10. The first-order valence-corrected chi connectivity index (χ1v) is 5.57. The molecule has 1 aromatic carbocycles. The number of benzene rings is 1. The predicted molar refractivity (Wildman–Crippen MR) is 59.7 cm³/mol. The molecule has 0 aromatic heterocycles. The van der Waals surface area contributed by atoms with Gasteiger partial charge in [0.1, 0.15) is 0 Å². The topological polar surface area (TPSA) is 53.2 Å².